The number of pyridine rings is 1. The topological polar surface area (TPSA) is 79.7 Å². The lowest BCUT2D eigenvalue weighted by atomic mass is 10.1. The van der Waals surface area contributed by atoms with E-state index in [9.17, 15) is 14.3 Å². The molecule has 0 saturated carbocycles. The Morgan fingerprint density at radius 1 is 1.04 bits per heavy atom. The summed E-state index contributed by atoms with van der Waals surface area (Å²) in [5.41, 5.74) is 1.31. The molecule has 1 aromatic heterocycles. The first-order chi connectivity index (χ1) is 11.5. The summed E-state index contributed by atoms with van der Waals surface area (Å²) in [6.07, 6.45) is 0. The minimum Gasteiger partial charge on any atom is -0.505 e. The van der Waals surface area contributed by atoms with Gasteiger partial charge in [0, 0.05) is 17.7 Å². The van der Waals surface area contributed by atoms with Gasteiger partial charge < -0.3 is 14.9 Å². The number of rotatable bonds is 4. The van der Waals surface area contributed by atoms with Gasteiger partial charge in [-0.1, -0.05) is 18.2 Å². The maximum absolute atomic E-state index is 13.1. The predicted octanol–water partition coefficient (Wildman–Crippen LogP) is 4.08. The molecule has 0 aliphatic carbocycles. The molecule has 0 fully saturated rings. The number of phenolic OH excluding ortho intramolecular Hbond substituents is 1. The summed E-state index contributed by atoms with van der Waals surface area (Å²) >= 11 is 0. The number of aromatic hydroxyl groups is 1. The maximum Gasteiger partial charge on any atom is 0.335 e. The fraction of sp³-hybridized carbons (Fsp3) is 0. The minimum absolute atomic E-state index is 0.157. The molecular weight excluding hydrogens is 313 g/mol. The van der Waals surface area contributed by atoms with E-state index in [2.05, 4.69) is 4.98 Å². The largest absolute Gasteiger partial charge is 0.505 e. The van der Waals surface area contributed by atoms with E-state index < -0.39 is 17.5 Å². The van der Waals surface area contributed by atoms with Crippen molar-refractivity contribution in [2.75, 3.05) is 0 Å². The van der Waals surface area contributed by atoms with Gasteiger partial charge in [-0.3, -0.25) is 0 Å². The first kappa shape index (κ1) is 15.5. The van der Waals surface area contributed by atoms with Crippen molar-refractivity contribution in [3.05, 3.63) is 72.0 Å². The number of phenols is 1. The lowest BCUT2D eigenvalue weighted by Crippen LogP contribution is -1.96. The van der Waals surface area contributed by atoms with E-state index in [0.717, 1.165) is 12.1 Å². The molecule has 2 N–H and O–H groups in total. The van der Waals surface area contributed by atoms with Gasteiger partial charge in [0.15, 0.2) is 11.6 Å². The summed E-state index contributed by atoms with van der Waals surface area (Å²) < 4.78 is 18.6. The first-order valence-corrected chi connectivity index (χ1v) is 7.00. The highest BCUT2D eigenvalue weighted by Crippen LogP contribution is 2.27. The number of aromatic carboxylic acids is 1. The molecule has 5 nitrogen and oxygen atoms in total. The van der Waals surface area contributed by atoms with Crippen LogP contribution >= 0.6 is 0 Å². The number of carboxylic acids is 1. The van der Waals surface area contributed by atoms with Crippen LogP contribution in [0.15, 0.2) is 60.7 Å². The van der Waals surface area contributed by atoms with Crippen molar-refractivity contribution in [1.82, 2.24) is 4.98 Å². The summed E-state index contributed by atoms with van der Waals surface area (Å²) in [6.45, 7) is 0. The van der Waals surface area contributed by atoms with Gasteiger partial charge in [-0.15, -0.1) is 0 Å². The Hall–Kier alpha value is -3.41. The molecule has 0 aliphatic heterocycles. The van der Waals surface area contributed by atoms with E-state index in [4.69, 9.17) is 9.84 Å². The zero-order valence-corrected chi connectivity index (χ0v) is 12.3. The molecule has 0 bridgehead atoms. The molecule has 0 radical (unpaired) electrons. The zero-order valence-electron chi connectivity index (χ0n) is 12.3. The highest BCUT2D eigenvalue weighted by molar-refractivity contribution is 5.89. The zero-order chi connectivity index (χ0) is 17.1. The average Bonchev–Trinajstić information content (AvgIpc) is 2.58. The monoisotopic (exact) mass is 325 g/mol. The van der Waals surface area contributed by atoms with Crippen LogP contribution in [0.2, 0.25) is 0 Å². The van der Waals surface area contributed by atoms with Crippen LogP contribution in [-0.2, 0) is 0 Å². The van der Waals surface area contributed by atoms with Gasteiger partial charge in [-0.2, -0.15) is 0 Å². The van der Waals surface area contributed by atoms with Crippen LogP contribution in [0.3, 0.4) is 0 Å². The van der Waals surface area contributed by atoms with Crippen molar-refractivity contribution < 1.29 is 24.1 Å². The van der Waals surface area contributed by atoms with Gasteiger partial charge in [-0.05, 0) is 30.3 Å². The van der Waals surface area contributed by atoms with Crippen LogP contribution in [0.4, 0.5) is 4.39 Å². The fourth-order valence-corrected chi connectivity index (χ4v) is 2.12. The van der Waals surface area contributed by atoms with Gasteiger partial charge in [0.2, 0.25) is 5.88 Å². The van der Waals surface area contributed by atoms with Crippen LogP contribution in [-0.4, -0.2) is 21.2 Å². The molecule has 0 unspecified atom stereocenters. The van der Waals surface area contributed by atoms with Crippen molar-refractivity contribution >= 4 is 5.97 Å². The number of carbonyl (C=O) groups is 1. The fourth-order valence-electron chi connectivity index (χ4n) is 2.12. The van der Waals surface area contributed by atoms with E-state index in [0.29, 0.717) is 11.3 Å². The van der Waals surface area contributed by atoms with Gasteiger partial charge in [0.25, 0.3) is 0 Å². The first-order valence-electron chi connectivity index (χ1n) is 7.00. The maximum atomic E-state index is 13.1. The molecule has 0 spiro atoms. The molecule has 0 atom stereocenters. The molecule has 120 valence electrons. The van der Waals surface area contributed by atoms with Crippen LogP contribution in [0.1, 0.15) is 10.4 Å². The molecule has 0 saturated heterocycles. The summed E-state index contributed by atoms with van der Waals surface area (Å²) in [6, 6.07) is 15.0. The third-order valence-corrected chi connectivity index (χ3v) is 3.27. The average molecular weight is 325 g/mol. The lowest BCUT2D eigenvalue weighted by molar-refractivity contribution is 0.0697. The molecule has 24 heavy (non-hydrogen) atoms. The van der Waals surface area contributed by atoms with E-state index in [1.54, 1.807) is 30.3 Å². The summed E-state index contributed by atoms with van der Waals surface area (Å²) in [7, 11) is 0. The molecule has 6 heteroatoms. The van der Waals surface area contributed by atoms with Crippen LogP contribution in [0, 0.1) is 5.82 Å². The Balaban J connectivity index is 1.90. The van der Waals surface area contributed by atoms with Gasteiger partial charge >= 0.3 is 5.97 Å². The molecule has 0 aliphatic rings. The Bertz CT molecular complexity index is 911. The summed E-state index contributed by atoms with van der Waals surface area (Å²) in [5.74, 6) is -1.81. The van der Waals surface area contributed by atoms with Gasteiger partial charge in [-0.25, -0.2) is 14.2 Å². The molecular formula is C18H12FNO4. The number of benzene rings is 2. The second kappa shape index (κ2) is 6.37. The van der Waals surface area contributed by atoms with Crippen molar-refractivity contribution in [2.24, 2.45) is 0 Å². The van der Waals surface area contributed by atoms with Gasteiger partial charge in [0.1, 0.15) is 5.75 Å². The molecule has 2 aromatic carbocycles. The number of hydrogen-bond donors (Lipinski definition) is 2. The number of nitrogens with zero attached hydrogens (tertiary/aromatic N) is 1. The standard InChI is InChI=1S/C18H12FNO4/c19-14-8-7-13(10-16(14)21)24-17-6-2-5-15(20-17)11-3-1-4-12(9-11)18(22)23/h1-10,21H,(H,22,23). The predicted molar refractivity (Wildman–Crippen MR) is 84.8 cm³/mol. The van der Waals surface area contributed by atoms with Crippen LogP contribution in [0.5, 0.6) is 17.4 Å². The Labute approximate surface area is 136 Å². The Kier molecular flexibility index (Phi) is 4.11. The van der Waals surface area contributed by atoms with Crippen molar-refractivity contribution in [1.29, 1.82) is 0 Å². The second-order valence-corrected chi connectivity index (χ2v) is 4.96. The quantitative estimate of drug-likeness (QED) is 0.755. The van der Waals surface area contributed by atoms with Crippen molar-refractivity contribution in [3.8, 4) is 28.6 Å². The molecule has 3 aromatic rings. The highest BCUT2D eigenvalue weighted by Gasteiger charge is 2.08. The van der Waals surface area contributed by atoms with Gasteiger partial charge in [0.05, 0.1) is 11.3 Å². The Morgan fingerprint density at radius 3 is 2.58 bits per heavy atom. The number of hydrogen-bond acceptors (Lipinski definition) is 4. The van der Waals surface area contributed by atoms with Crippen molar-refractivity contribution in [3.63, 3.8) is 0 Å². The number of ether oxygens (including phenoxy) is 1. The normalized spacial score (nSPS) is 10.4. The smallest absolute Gasteiger partial charge is 0.335 e. The highest BCUT2D eigenvalue weighted by atomic mass is 19.1. The van der Waals surface area contributed by atoms with Crippen LogP contribution < -0.4 is 4.74 Å². The summed E-state index contributed by atoms with van der Waals surface area (Å²) in [4.78, 5) is 15.4. The van der Waals surface area contributed by atoms with Crippen molar-refractivity contribution in [2.45, 2.75) is 0 Å². The molecule has 0 amide bonds. The van der Waals surface area contributed by atoms with E-state index in [1.807, 2.05) is 0 Å². The minimum atomic E-state index is -1.02. The molecule has 3 rings (SSSR count). The lowest BCUT2D eigenvalue weighted by Gasteiger charge is -2.08. The van der Waals surface area contributed by atoms with E-state index >= 15 is 0 Å². The third kappa shape index (κ3) is 3.33. The molecule has 1 heterocycles. The number of halogens is 1. The number of aromatic nitrogens is 1. The Morgan fingerprint density at radius 2 is 1.83 bits per heavy atom. The second-order valence-electron chi connectivity index (χ2n) is 4.96. The SMILES string of the molecule is O=C(O)c1cccc(-c2cccc(Oc3ccc(F)c(O)c3)n2)c1. The van der Waals surface area contributed by atoms with E-state index in [1.165, 1.54) is 18.2 Å². The summed E-state index contributed by atoms with van der Waals surface area (Å²) in [5, 5.41) is 18.4. The number of carboxylic acid groups (broad SMARTS) is 1. The van der Waals surface area contributed by atoms with Crippen LogP contribution in [0.25, 0.3) is 11.3 Å². The third-order valence-electron chi connectivity index (χ3n) is 3.27. The van der Waals surface area contributed by atoms with E-state index in [-0.39, 0.29) is 17.2 Å².